The van der Waals surface area contributed by atoms with E-state index in [-0.39, 0.29) is 6.04 Å². The van der Waals surface area contributed by atoms with E-state index in [1.165, 1.54) is 30.4 Å². The van der Waals surface area contributed by atoms with Crippen molar-refractivity contribution in [3.8, 4) is 5.75 Å². The minimum atomic E-state index is 0.190. The lowest BCUT2D eigenvalue weighted by molar-refractivity contribution is -0.561. The molecule has 2 atom stereocenters. The SMILES string of the molecule is C[C@H](c1ccccc1O)N1C=[N+]([C@H]2CCCc3ccccc32)CC1. The Bertz CT molecular complexity index is 768. The van der Waals surface area contributed by atoms with E-state index in [1.54, 1.807) is 6.07 Å². The van der Waals surface area contributed by atoms with Crippen LogP contribution in [0.5, 0.6) is 5.75 Å². The molecule has 0 saturated carbocycles. The van der Waals surface area contributed by atoms with Crippen LogP contribution in [-0.4, -0.2) is 34.0 Å². The summed E-state index contributed by atoms with van der Waals surface area (Å²) in [5, 5.41) is 10.1. The summed E-state index contributed by atoms with van der Waals surface area (Å²) in [5.41, 5.74) is 4.01. The van der Waals surface area contributed by atoms with Gasteiger partial charge in [-0.3, -0.25) is 9.48 Å². The minimum absolute atomic E-state index is 0.190. The van der Waals surface area contributed by atoms with Gasteiger partial charge in [0.15, 0.2) is 0 Å². The van der Waals surface area contributed by atoms with Gasteiger partial charge in [0.25, 0.3) is 0 Å². The molecule has 0 amide bonds. The Morgan fingerprint density at radius 2 is 1.92 bits per heavy atom. The van der Waals surface area contributed by atoms with Crippen LogP contribution >= 0.6 is 0 Å². The van der Waals surface area contributed by atoms with Crippen molar-refractivity contribution in [1.82, 2.24) is 4.90 Å². The van der Waals surface area contributed by atoms with Crippen LogP contribution in [0, 0.1) is 0 Å². The standard InChI is InChI=1S/C21H24N2O/c1-16(18-9-4-5-12-21(18)24)22-13-14-23(15-22)20-11-6-8-17-7-2-3-10-19(17)20/h2-5,7,9-10,12,15-16,20H,6,8,11,13-14H2,1H3/p+1/t16-,20+/m1/s1. The highest BCUT2D eigenvalue weighted by Crippen LogP contribution is 2.34. The van der Waals surface area contributed by atoms with E-state index in [9.17, 15) is 5.11 Å². The fraction of sp³-hybridized carbons (Fsp3) is 0.381. The van der Waals surface area contributed by atoms with E-state index in [1.807, 2.05) is 18.2 Å². The average molecular weight is 321 g/mol. The third-order valence-corrected chi connectivity index (χ3v) is 5.54. The number of hydrogen-bond acceptors (Lipinski definition) is 2. The Morgan fingerprint density at radius 3 is 2.79 bits per heavy atom. The summed E-state index contributed by atoms with van der Waals surface area (Å²) >= 11 is 0. The number of aromatic hydroxyl groups is 1. The predicted octanol–water partition coefficient (Wildman–Crippen LogP) is 3.89. The second-order valence-electron chi connectivity index (χ2n) is 6.93. The van der Waals surface area contributed by atoms with Gasteiger partial charge in [-0.2, -0.15) is 0 Å². The molecule has 1 aliphatic heterocycles. The van der Waals surface area contributed by atoms with Crippen molar-refractivity contribution in [2.75, 3.05) is 13.1 Å². The van der Waals surface area contributed by atoms with E-state index >= 15 is 0 Å². The number of fused-ring (bicyclic) bond motifs is 1. The van der Waals surface area contributed by atoms with E-state index in [4.69, 9.17) is 0 Å². The number of hydrogen-bond donors (Lipinski definition) is 1. The molecule has 4 rings (SSSR count). The maximum atomic E-state index is 10.1. The smallest absolute Gasteiger partial charge is 0.235 e. The van der Waals surface area contributed by atoms with Crippen molar-refractivity contribution in [3.05, 3.63) is 65.2 Å². The average Bonchev–Trinajstić information content (AvgIpc) is 3.11. The molecular formula is C21H25N2O+. The van der Waals surface area contributed by atoms with Crippen molar-refractivity contribution in [1.29, 1.82) is 0 Å². The second kappa shape index (κ2) is 6.31. The first kappa shape index (κ1) is 15.3. The summed E-state index contributed by atoms with van der Waals surface area (Å²) in [6.07, 6.45) is 5.98. The summed E-state index contributed by atoms with van der Waals surface area (Å²) in [6, 6.07) is 17.2. The second-order valence-corrected chi connectivity index (χ2v) is 6.93. The molecule has 24 heavy (non-hydrogen) atoms. The molecule has 1 aliphatic carbocycles. The fourth-order valence-electron chi connectivity index (χ4n) is 4.16. The van der Waals surface area contributed by atoms with Gasteiger partial charge in [0.1, 0.15) is 30.9 Å². The maximum Gasteiger partial charge on any atom is 0.235 e. The van der Waals surface area contributed by atoms with Gasteiger partial charge >= 0.3 is 0 Å². The zero-order chi connectivity index (χ0) is 16.5. The lowest BCUT2D eigenvalue weighted by atomic mass is 9.87. The van der Waals surface area contributed by atoms with Crippen LogP contribution in [0.1, 0.15) is 48.5 Å². The van der Waals surface area contributed by atoms with Crippen LogP contribution in [0.2, 0.25) is 0 Å². The monoisotopic (exact) mass is 321 g/mol. The van der Waals surface area contributed by atoms with Crippen LogP contribution in [-0.2, 0) is 6.42 Å². The zero-order valence-corrected chi connectivity index (χ0v) is 14.2. The summed E-state index contributed by atoms with van der Waals surface area (Å²) in [7, 11) is 0. The molecule has 1 heterocycles. The summed E-state index contributed by atoms with van der Waals surface area (Å²) in [6.45, 7) is 4.23. The van der Waals surface area contributed by atoms with Crippen molar-refractivity contribution in [3.63, 3.8) is 0 Å². The minimum Gasteiger partial charge on any atom is -0.508 e. The summed E-state index contributed by atoms with van der Waals surface area (Å²) < 4.78 is 2.49. The molecule has 0 spiro atoms. The molecule has 124 valence electrons. The number of aryl methyl sites for hydroxylation is 1. The van der Waals surface area contributed by atoms with Crippen molar-refractivity contribution in [2.24, 2.45) is 0 Å². The molecule has 2 aromatic rings. The van der Waals surface area contributed by atoms with Crippen molar-refractivity contribution >= 4 is 6.34 Å². The number of para-hydroxylation sites is 1. The van der Waals surface area contributed by atoms with Crippen LogP contribution in [0.3, 0.4) is 0 Å². The van der Waals surface area contributed by atoms with Crippen LogP contribution in [0.25, 0.3) is 0 Å². The summed E-state index contributed by atoms with van der Waals surface area (Å²) in [5.74, 6) is 0.389. The lowest BCUT2D eigenvalue weighted by Gasteiger charge is -2.24. The summed E-state index contributed by atoms with van der Waals surface area (Å²) in [4.78, 5) is 2.35. The third kappa shape index (κ3) is 2.68. The van der Waals surface area contributed by atoms with E-state index in [0.717, 1.165) is 18.7 Å². The van der Waals surface area contributed by atoms with Gasteiger partial charge in [-0.05, 0) is 43.4 Å². The van der Waals surface area contributed by atoms with Gasteiger partial charge in [0.2, 0.25) is 6.34 Å². The van der Waals surface area contributed by atoms with Gasteiger partial charge in [-0.25, -0.2) is 0 Å². The Labute approximate surface area is 143 Å². The molecule has 3 heteroatoms. The Kier molecular flexibility index (Phi) is 4.01. The van der Waals surface area contributed by atoms with Gasteiger partial charge in [0, 0.05) is 5.56 Å². The maximum absolute atomic E-state index is 10.1. The van der Waals surface area contributed by atoms with E-state index in [0.29, 0.717) is 11.8 Å². The molecule has 1 N–H and O–H groups in total. The highest BCUT2D eigenvalue weighted by Gasteiger charge is 2.33. The molecule has 0 fully saturated rings. The Morgan fingerprint density at radius 1 is 1.12 bits per heavy atom. The lowest BCUT2D eigenvalue weighted by Crippen LogP contribution is -2.24. The number of phenols is 1. The molecule has 0 aromatic heterocycles. The van der Waals surface area contributed by atoms with Crippen molar-refractivity contribution in [2.45, 2.75) is 38.3 Å². The van der Waals surface area contributed by atoms with Crippen LogP contribution < -0.4 is 0 Å². The molecule has 0 unspecified atom stereocenters. The topological polar surface area (TPSA) is 26.5 Å². The fourth-order valence-corrected chi connectivity index (χ4v) is 4.16. The number of nitrogens with zero attached hydrogens (tertiary/aromatic N) is 2. The number of rotatable bonds is 3. The first-order valence-electron chi connectivity index (χ1n) is 8.96. The molecule has 3 nitrogen and oxygen atoms in total. The number of benzene rings is 2. The molecule has 0 bridgehead atoms. The van der Waals surface area contributed by atoms with Crippen molar-refractivity contribution < 1.29 is 9.68 Å². The van der Waals surface area contributed by atoms with Gasteiger partial charge in [0.05, 0.1) is 0 Å². The van der Waals surface area contributed by atoms with Gasteiger partial charge in [-0.1, -0.05) is 42.5 Å². The highest BCUT2D eigenvalue weighted by atomic mass is 16.3. The van der Waals surface area contributed by atoms with Crippen LogP contribution in [0.15, 0.2) is 48.5 Å². The van der Waals surface area contributed by atoms with E-state index < -0.39 is 0 Å². The molecular weight excluding hydrogens is 296 g/mol. The zero-order valence-electron chi connectivity index (χ0n) is 14.2. The predicted molar refractivity (Wildman–Crippen MR) is 96.5 cm³/mol. The Balaban J connectivity index is 1.59. The van der Waals surface area contributed by atoms with Gasteiger partial charge < -0.3 is 5.11 Å². The molecule has 0 saturated heterocycles. The molecule has 2 aromatic carbocycles. The number of phenolic OH excluding ortho intramolecular Hbond substituents is 1. The normalized spacial score (nSPS) is 21.3. The Hall–Kier alpha value is -2.29. The third-order valence-electron chi connectivity index (χ3n) is 5.54. The van der Waals surface area contributed by atoms with Crippen LogP contribution in [0.4, 0.5) is 0 Å². The van der Waals surface area contributed by atoms with Gasteiger partial charge in [-0.15, -0.1) is 0 Å². The molecule has 2 aliphatic rings. The first-order chi connectivity index (χ1) is 11.7. The highest BCUT2D eigenvalue weighted by molar-refractivity contribution is 5.53. The largest absolute Gasteiger partial charge is 0.508 e. The quantitative estimate of drug-likeness (QED) is 0.868. The molecule has 0 radical (unpaired) electrons. The first-order valence-corrected chi connectivity index (χ1v) is 8.96. The van der Waals surface area contributed by atoms with E-state index in [2.05, 4.69) is 47.0 Å².